The van der Waals surface area contributed by atoms with Gasteiger partial charge in [-0.2, -0.15) is 0 Å². The molecule has 0 atom stereocenters. The van der Waals surface area contributed by atoms with Crippen LogP contribution in [0.25, 0.3) is 0 Å². The molecule has 0 aromatic heterocycles. The molecule has 0 bridgehead atoms. The Labute approximate surface area is 66.9 Å². The third-order valence-corrected chi connectivity index (χ3v) is 2.11. The lowest BCUT2D eigenvalue weighted by atomic mass is 9.90. The zero-order valence-corrected chi connectivity index (χ0v) is 7.75. The third kappa shape index (κ3) is 4.74. The molecule has 0 N–H and O–H groups in total. The van der Waals surface area contributed by atoms with Crippen LogP contribution in [-0.2, 0) is 11.3 Å². The molecule has 0 aromatic carbocycles. The van der Waals surface area contributed by atoms with Crippen molar-refractivity contribution in [3.8, 4) is 0 Å². The fourth-order valence-electron chi connectivity index (χ4n) is 0.783. The summed E-state index contributed by atoms with van der Waals surface area (Å²) < 4.78 is 10.1. The van der Waals surface area contributed by atoms with E-state index in [9.17, 15) is 4.21 Å². The minimum Gasteiger partial charge on any atom is -0.212 e. The van der Waals surface area contributed by atoms with Crippen LogP contribution in [0, 0.1) is 5.41 Å². The van der Waals surface area contributed by atoms with Crippen LogP contribution in [-0.4, -0.2) is 9.58 Å². The molecule has 0 spiro atoms. The van der Waals surface area contributed by atoms with Crippen LogP contribution in [0.15, 0.2) is 0 Å². The van der Waals surface area contributed by atoms with Crippen LogP contribution < -0.4 is 0 Å². The molecule has 1 nitrogen and oxygen atoms in total. The minimum atomic E-state index is 0.00241. The molecule has 0 rings (SSSR count). The second-order valence-electron chi connectivity index (χ2n) is 3.17. The lowest BCUT2D eigenvalue weighted by Gasteiger charge is -2.15. The van der Waals surface area contributed by atoms with Crippen LogP contribution in [0.2, 0.25) is 0 Å². The van der Waals surface area contributed by atoms with Crippen molar-refractivity contribution in [2.75, 3.05) is 0 Å². The lowest BCUT2D eigenvalue weighted by Crippen LogP contribution is -2.12. The van der Waals surface area contributed by atoms with Gasteiger partial charge in [0.05, 0.1) is 16.6 Å². The van der Waals surface area contributed by atoms with Gasteiger partial charge in [-0.1, -0.05) is 33.6 Å². The molecule has 2 heteroatoms. The van der Waals surface area contributed by atoms with Crippen LogP contribution in [0.4, 0.5) is 0 Å². The van der Waals surface area contributed by atoms with Crippen LogP contribution >= 0.6 is 0 Å². The van der Waals surface area contributed by atoms with Gasteiger partial charge in [0.2, 0.25) is 0 Å². The summed E-state index contributed by atoms with van der Waals surface area (Å²) in [4.78, 5) is 0. The normalized spacial score (nSPS) is 11.1. The van der Waals surface area contributed by atoms with E-state index >= 15 is 0 Å². The van der Waals surface area contributed by atoms with Gasteiger partial charge in [-0.3, -0.25) is 0 Å². The topological polar surface area (TPSA) is 17.1 Å². The first kappa shape index (κ1) is 9.89. The smallest absolute Gasteiger partial charge is 0.0939 e. The highest BCUT2D eigenvalue weighted by molar-refractivity contribution is 7.64. The maximum Gasteiger partial charge on any atom is 0.0939 e. The van der Waals surface area contributed by atoms with Crippen molar-refractivity contribution in [2.45, 2.75) is 40.0 Å². The molecule has 0 unspecified atom stereocenters. The first-order valence-corrected chi connectivity index (χ1v) is 4.42. The van der Waals surface area contributed by atoms with Crippen LogP contribution in [0.5, 0.6) is 0 Å². The Morgan fingerprint density at radius 1 is 1.50 bits per heavy atom. The molecule has 0 aliphatic heterocycles. The van der Waals surface area contributed by atoms with Gasteiger partial charge in [0.15, 0.2) is 0 Å². The average Bonchev–Trinajstić information content (AvgIpc) is 1.84. The second-order valence-corrected chi connectivity index (χ2v) is 3.54. The van der Waals surface area contributed by atoms with Gasteiger partial charge in [-0.25, -0.2) is 4.21 Å². The zero-order chi connectivity index (χ0) is 8.04. The molecular formula is C8H15OS. The Hall–Kier alpha value is -0.110. The van der Waals surface area contributed by atoms with Gasteiger partial charge < -0.3 is 0 Å². The van der Waals surface area contributed by atoms with Crippen molar-refractivity contribution in [1.29, 1.82) is 0 Å². The summed E-state index contributed by atoms with van der Waals surface area (Å²) in [5, 5.41) is 2.82. The monoisotopic (exact) mass is 159 g/mol. The van der Waals surface area contributed by atoms with Gasteiger partial charge in [0.1, 0.15) is 0 Å². The fourth-order valence-corrected chi connectivity index (χ4v) is 1.11. The van der Waals surface area contributed by atoms with E-state index in [4.69, 9.17) is 0 Å². The second kappa shape index (κ2) is 4.67. The van der Waals surface area contributed by atoms with E-state index in [2.05, 4.69) is 12.3 Å². The van der Waals surface area contributed by atoms with Crippen molar-refractivity contribution >= 4 is 16.6 Å². The maximum atomic E-state index is 10.1. The highest BCUT2D eigenvalue weighted by Crippen LogP contribution is 2.19. The van der Waals surface area contributed by atoms with Gasteiger partial charge in [0, 0.05) is 5.41 Å². The Morgan fingerprint density at radius 2 is 2.10 bits per heavy atom. The summed E-state index contributed by atoms with van der Waals surface area (Å²) in [5.74, 6) is 0. The van der Waals surface area contributed by atoms with Gasteiger partial charge in [-0.15, -0.1) is 0 Å². The summed E-state index contributed by atoms with van der Waals surface area (Å²) >= 11 is 0.459. The summed E-state index contributed by atoms with van der Waals surface area (Å²) in [6.07, 6.45) is 3.44. The molecule has 0 aliphatic carbocycles. The summed E-state index contributed by atoms with van der Waals surface area (Å²) in [6.45, 7) is 6.25. The minimum absolute atomic E-state index is 0.00241. The maximum absolute atomic E-state index is 10.1. The molecule has 0 saturated carbocycles. The Morgan fingerprint density at radius 3 is 2.50 bits per heavy atom. The average molecular weight is 159 g/mol. The Balaban J connectivity index is 3.74. The molecule has 0 aromatic rings. The van der Waals surface area contributed by atoms with Crippen molar-refractivity contribution < 1.29 is 4.21 Å². The van der Waals surface area contributed by atoms with Crippen molar-refractivity contribution in [2.24, 2.45) is 5.41 Å². The van der Waals surface area contributed by atoms with Crippen LogP contribution in [0.1, 0.15) is 40.0 Å². The molecule has 0 amide bonds. The first-order chi connectivity index (χ1) is 4.62. The molecular weight excluding hydrogens is 144 g/mol. The number of unbranched alkanes of at least 4 members (excludes halogenated alkanes) is 1. The predicted octanol–water partition coefficient (Wildman–Crippen LogP) is 2.10. The quantitative estimate of drug-likeness (QED) is 0.574. The van der Waals surface area contributed by atoms with E-state index in [1.54, 1.807) is 0 Å². The molecule has 0 aliphatic rings. The van der Waals surface area contributed by atoms with Gasteiger partial charge in [0.25, 0.3) is 0 Å². The standard InChI is InChI=1S/C8H15OS/c1-4-5-6-8(2,3)7-10-9/h4-6H2,1-3H3. The largest absolute Gasteiger partial charge is 0.212 e. The predicted molar refractivity (Wildman–Crippen MR) is 46.5 cm³/mol. The highest BCUT2D eigenvalue weighted by atomic mass is 32.1. The molecule has 1 radical (unpaired) electrons. The van der Waals surface area contributed by atoms with E-state index in [1.165, 1.54) is 12.8 Å². The van der Waals surface area contributed by atoms with E-state index in [1.807, 2.05) is 13.8 Å². The molecule has 0 fully saturated rings. The van der Waals surface area contributed by atoms with Gasteiger partial charge >= 0.3 is 0 Å². The summed E-state index contributed by atoms with van der Waals surface area (Å²) in [5.41, 5.74) is 0.00241. The van der Waals surface area contributed by atoms with E-state index in [-0.39, 0.29) is 5.41 Å². The highest BCUT2D eigenvalue weighted by Gasteiger charge is 2.13. The molecule has 0 saturated heterocycles. The SMILES string of the molecule is CCCCC(C)(C)[C]=S=O. The Kier molecular flexibility index (Phi) is 4.62. The summed E-state index contributed by atoms with van der Waals surface area (Å²) in [7, 11) is 0. The van der Waals surface area contributed by atoms with E-state index in [0.29, 0.717) is 11.3 Å². The zero-order valence-electron chi connectivity index (χ0n) is 6.94. The first-order valence-electron chi connectivity index (χ1n) is 3.68. The number of hydrogen-bond donors (Lipinski definition) is 0. The molecule has 59 valence electrons. The van der Waals surface area contributed by atoms with Crippen LogP contribution in [0.3, 0.4) is 0 Å². The fraction of sp³-hybridized carbons (Fsp3) is 0.875. The molecule has 0 heterocycles. The van der Waals surface area contributed by atoms with Gasteiger partial charge in [-0.05, 0) is 6.42 Å². The molecule has 10 heavy (non-hydrogen) atoms. The Bertz CT molecular complexity index is 134. The third-order valence-electron chi connectivity index (χ3n) is 1.47. The van der Waals surface area contributed by atoms with Crippen molar-refractivity contribution in [1.82, 2.24) is 0 Å². The van der Waals surface area contributed by atoms with E-state index < -0.39 is 0 Å². The lowest BCUT2D eigenvalue weighted by molar-refractivity contribution is 0.468. The van der Waals surface area contributed by atoms with Crippen molar-refractivity contribution in [3.05, 3.63) is 0 Å². The van der Waals surface area contributed by atoms with E-state index in [0.717, 1.165) is 6.42 Å². The number of hydrogen-bond acceptors (Lipinski definition) is 1. The van der Waals surface area contributed by atoms with Crippen molar-refractivity contribution in [3.63, 3.8) is 0 Å². The number of rotatable bonds is 4. The summed E-state index contributed by atoms with van der Waals surface area (Å²) in [6, 6.07) is 0.